The first-order valence-electron chi connectivity index (χ1n) is 7.01. The van der Waals surface area contributed by atoms with E-state index in [4.69, 9.17) is 0 Å². The highest BCUT2D eigenvalue weighted by atomic mass is 16.3. The average molecular weight is 263 g/mol. The van der Waals surface area contributed by atoms with Crippen LogP contribution in [0.3, 0.4) is 0 Å². The van der Waals surface area contributed by atoms with Crippen LogP contribution in [0.1, 0.15) is 17.2 Å². The predicted octanol–water partition coefficient (Wildman–Crippen LogP) is 0.687. The van der Waals surface area contributed by atoms with Gasteiger partial charge >= 0.3 is 0 Å². The summed E-state index contributed by atoms with van der Waals surface area (Å²) in [5.74, 6) is 0. The lowest BCUT2D eigenvalue weighted by Gasteiger charge is -2.32. The van der Waals surface area contributed by atoms with Crippen molar-refractivity contribution in [2.75, 3.05) is 46.8 Å². The van der Waals surface area contributed by atoms with E-state index < -0.39 is 6.10 Å². The monoisotopic (exact) mass is 263 g/mol. The molecule has 2 rings (SSSR count). The molecule has 1 aromatic carbocycles. The van der Waals surface area contributed by atoms with Crippen LogP contribution < -0.4 is 5.32 Å². The number of likely N-dealkylation sites (N-methyl/N-ethyl adjacent to an activating group) is 2. The molecule has 0 amide bonds. The summed E-state index contributed by atoms with van der Waals surface area (Å²) in [4.78, 5) is 4.85. The van der Waals surface area contributed by atoms with E-state index >= 15 is 0 Å². The van der Waals surface area contributed by atoms with Crippen LogP contribution in [0.5, 0.6) is 0 Å². The van der Waals surface area contributed by atoms with E-state index in [0.717, 1.165) is 38.3 Å². The number of nitrogens with zero attached hydrogens (tertiary/aromatic N) is 2. The lowest BCUT2D eigenvalue weighted by molar-refractivity contribution is 0.148. The molecule has 1 unspecified atom stereocenters. The lowest BCUT2D eigenvalue weighted by Crippen LogP contribution is -2.43. The van der Waals surface area contributed by atoms with E-state index in [-0.39, 0.29) is 0 Å². The highest BCUT2D eigenvalue weighted by Gasteiger charge is 2.14. The molecule has 0 radical (unpaired) electrons. The Kier molecular flexibility index (Phi) is 5.34. The van der Waals surface area contributed by atoms with Crippen molar-refractivity contribution in [2.45, 2.75) is 12.6 Å². The summed E-state index contributed by atoms with van der Waals surface area (Å²) in [6.45, 7) is 6.19. The topological polar surface area (TPSA) is 38.7 Å². The van der Waals surface area contributed by atoms with Gasteiger partial charge in [-0.2, -0.15) is 0 Å². The minimum absolute atomic E-state index is 0.414. The van der Waals surface area contributed by atoms with E-state index in [9.17, 15) is 5.11 Å². The maximum atomic E-state index is 9.88. The van der Waals surface area contributed by atoms with Gasteiger partial charge in [0.05, 0.1) is 6.10 Å². The zero-order chi connectivity index (χ0) is 13.7. The van der Waals surface area contributed by atoms with E-state index in [2.05, 4.69) is 34.3 Å². The third-order valence-electron chi connectivity index (χ3n) is 3.76. The second-order valence-electron chi connectivity index (χ2n) is 5.39. The minimum Gasteiger partial charge on any atom is -0.387 e. The van der Waals surface area contributed by atoms with Crippen molar-refractivity contribution >= 4 is 0 Å². The molecular weight excluding hydrogens is 238 g/mol. The van der Waals surface area contributed by atoms with Gasteiger partial charge in [0.15, 0.2) is 0 Å². The maximum Gasteiger partial charge on any atom is 0.0914 e. The van der Waals surface area contributed by atoms with Crippen molar-refractivity contribution in [1.29, 1.82) is 0 Å². The molecule has 1 heterocycles. The summed E-state index contributed by atoms with van der Waals surface area (Å²) in [6, 6.07) is 8.33. The molecule has 1 fully saturated rings. The van der Waals surface area contributed by atoms with Gasteiger partial charge in [-0.1, -0.05) is 24.3 Å². The fraction of sp³-hybridized carbons (Fsp3) is 0.600. The lowest BCUT2D eigenvalue weighted by atomic mass is 10.1. The van der Waals surface area contributed by atoms with E-state index in [0.29, 0.717) is 6.54 Å². The molecule has 0 bridgehead atoms. The molecule has 0 spiro atoms. The van der Waals surface area contributed by atoms with Crippen LogP contribution in [-0.2, 0) is 6.54 Å². The first kappa shape index (κ1) is 14.5. The summed E-state index contributed by atoms with van der Waals surface area (Å²) in [6.07, 6.45) is -0.414. The Morgan fingerprint density at radius 3 is 2.37 bits per heavy atom. The summed E-state index contributed by atoms with van der Waals surface area (Å²) in [5.41, 5.74) is 2.31. The second-order valence-corrected chi connectivity index (χ2v) is 5.39. The van der Waals surface area contributed by atoms with Crippen LogP contribution in [0.15, 0.2) is 24.3 Å². The van der Waals surface area contributed by atoms with Gasteiger partial charge in [0, 0.05) is 39.3 Å². The molecule has 1 atom stereocenters. The fourth-order valence-corrected chi connectivity index (χ4v) is 2.42. The molecule has 0 aliphatic carbocycles. The summed E-state index contributed by atoms with van der Waals surface area (Å²) in [5, 5.41) is 12.9. The fourth-order valence-electron chi connectivity index (χ4n) is 2.42. The van der Waals surface area contributed by atoms with E-state index in [1.165, 1.54) is 5.56 Å². The number of nitrogens with one attached hydrogen (secondary N) is 1. The molecule has 4 heteroatoms. The maximum absolute atomic E-state index is 9.88. The molecule has 0 saturated carbocycles. The molecular formula is C15H25N3O. The van der Waals surface area contributed by atoms with Crippen molar-refractivity contribution in [3.8, 4) is 0 Å². The Balaban J connectivity index is 1.88. The SMILES string of the molecule is CNCC(O)c1ccc(CN2CCN(C)CC2)cc1. The van der Waals surface area contributed by atoms with E-state index in [1.807, 2.05) is 19.2 Å². The zero-order valence-corrected chi connectivity index (χ0v) is 12.0. The summed E-state index contributed by atoms with van der Waals surface area (Å²) >= 11 is 0. The molecule has 1 saturated heterocycles. The van der Waals surface area contributed by atoms with E-state index in [1.54, 1.807) is 0 Å². The quantitative estimate of drug-likeness (QED) is 0.820. The summed E-state index contributed by atoms with van der Waals surface area (Å²) in [7, 11) is 4.03. The number of benzene rings is 1. The first-order chi connectivity index (χ1) is 9.19. The number of aliphatic hydroxyl groups excluding tert-OH is 1. The van der Waals surface area contributed by atoms with Crippen LogP contribution in [0.25, 0.3) is 0 Å². The van der Waals surface area contributed by atoms with Gasteiger partial charge in [-0.15, -0.1) is 0 Å². The van der Waals surface area contributed by atoms with Gasteiger partial charge < -0.3 is 15.3 Å². The molecule has 106 valence electrons. The number of piperazine rings is 1. The third kappa shape index (κ3) is 4.28. The zero-order valence-electron chi connectivity index (χ0n) is 12.0. The minimum atomic E-state index is -0.414. The highest BCUT2D eigenvalue weighted by Crippen LogP contribution is 2.14. The normalized spacial score (nSPS) is 19.5. The Labute approximate surface area is 116 Å². The van der Waals surface area contributed by atoms with Gasteiger partial charge in [0.25, 0.3) is 0 Å². The van der Waals surface area contributed by atoms with Gasteiger partial charge in [-0.3, -0.25) is 4.90 Å². The highest BCUT2D eigenvalue weighted by molar-refractivity contribution is 5.24. The van der Waals surface area contributed by atoms with Crippen molar-refractivity contribution in [3.05, 3.63) is 35.4 Å². The largest absolute Gasteiger partial charge is 0.387 e. The Morgan fingerprint density at radius 1 is 1.16 bits per heavy atom. The first-order valence-corrected chi connectivity index (χ1v) is 7.01. The van der Waals surface area contributed by atoms with Crippen LogP contribution >= 0.6 is 0 Å². The van der Waals surface area contributed by atoms with Crippen molar-refractivity contribution in [2.24, 2.45) is 0 Å². The van der Waals surface area contributed by atoms with Gasteiger partial charge in [0.2, 0.25) is 0 Å². The molecule has 19 heavy (non-hydrogen) atoms. The molecule has 4 nitrogen and oxygen atoms in total. The van der Waals surface area contributed by atoms with Gasteiger partial charge in [-0.05, 0) is 25.2 Å². The predicted molar refractivity (Wildman–Crippen MR) is 78.1 cm³/mol. The second kappa shape index (κ2) is 7.01. The molecule has 2 N–H and O–H groups in total. The number of aliphatic hydroxyl groups is 1. The van der Waals surface area contributed by atoms with Crippen molar-refractivity contribution < 1.29 is 5.11 Å². The standard InChI is InChI=1S/C15H25N3O/c1-16-11-15(19)14-5-3-13(4-6-14)12-18-9-7-17(2)8-10-18/h3-6,15-16,19H,7-12H2,1-2H3. The summed E-state index contributed by atoms with van der Waals surface area (Å²) < 4.78 is 0. The Morgan fingerprint density at radius 2 is 1.79 bits per heavy atom. The van der Waals surface area contributed by atoms with Crippen molar-refractivity contribution in [1.82, 2.24) is 15.1 Å². The van der Waals surface area contributed by atoms with Crippen LogP contribution in [0, 0.1) is 0 Å². The molecule has 1 aliphatic heterocycles. The van der Waals surface area contributed by atoms with Crippen LogP contribution in [-0.4, -0.2) is 61.7 Å². The van der Waals surface area contributed by atoms with Crippen molar-refractivity contribution in [3.63, 3.8) is 0 Å². The van der Waals surface area contributed by atoms with Gasteiger partial charge in [0.1, 0.15) is 0 Å². The molecule has 0 aromatic heterocycles. The molecule has 1 aliphatic rings. The number of hydrogen-bond acceptors (Lipinski definition) is 4. The number of hydrogen-bond donors (Lipinski definition) is 2. The third-order valence-corrected chi connectivity index (χ3v) is 3.76. The van der Waals surface area contributed by atoms with Crippen LogP contribution in [0.4, 0.5) is 0 Å². The number of rotatable bonds is 5. The molecule has 1 aromatic rings. The van der Waals surface area contributed by atoms with Gasteiger partial charge in [-0.25, -0.2) is 0 Å². The Hall–Kier alpha value is -0.940. The smallest absolute Gasteiger partial charge is 0.0914 e. The van der Waals surface area contributed by atoms with Crippen LogP contribution in [0.2, 0.25) is 0 Å². The Bertz CT molecular complexity index is 371. The average Bonchev–Trinajstić information content (AvgIpc) is 2.42.